The third-order valence-corrected chi connectivity index (χ3v) is 4.31. The topological polar surface area (TPSA) is 51.0 Å². The summed E-state index contributed by atoms with van der Waals surface area (Å²) in [4.78, 5) is 4.53. The SMILES string of the molecule is CCc1ccc(-c2noc(CCC3CCNCC3)n2)cc1. The van der Waals surface area contributed by atoms with Crippen LogP contribution in [0, 0.1) is 5.92 Å². The van der Waals surface area contributed by atoms with Crippen molar-refractivity contribution in [3.8, 4) is 11.4 Å². The van der Waals surface area contributed by atoms with E-state index in [1.165, 1.54) is 18.4 Å². The van der Waals surface area contributed by atoms with Gasteiger partial charge in [-0.2, -0.15) is 4.98 Å². The molecule has 0 unspecified atom stereocenters. The van der Waals surface area contributed by atoms with Gasteiger partial charge in [0.25, 0.3) is 0 Å². The van der Waals surface area contributed by atoms with Crippen LogP contribution in [0.3, 0.4) is 0 Å². The summed E-state index contributed by atoms with van der Waals surface area (Å²) in [6, 6.07) is 8.39. The largest absolute Gasteiger partial charge is 0.339 e. The van der Waals surface area contributed by atoms with Crippen LogP contribution >= 0.6 is 0 Å². The highest BCUT2D eigenvalue weighted by Gasteiger charge is 2.15. The highest BCUT2D eigenvalue weighted by molar-refractivity contribution is 5.54. The zero-order chi connectivity index (χ0) is 14.5. The maximum Gasteiger partial charge on any atom is 0.226 e. The highest BCUT2D eigenvalue weighted by Crippen LogP contribution is 2.20. The Morgan fingerprint density at radius 2 is 1.95 bits per heavy atom. The number of piperidine rings is 1. The van der Waals surface area contributed by atoms with Crippen molar-refractivity contribution in [1.82, 2.24) is 15.5 Å². The Kier molecular flexibility index (Phi) is 4.65. The molecular weight excluding hydrogens is 262 g/mol. The second-order valence-electron chi connectivity index (χ2n) is 5.79. The van der Waals surface area contributed by atoms with Crippen molar-refractivity contribution in [2.24, 2.45) is 5.92 Å². The lowest BCUT2D eigenvalue weighted by Gasteiger charge is -2.21. The molecule has 4 nitrogen and oxygen atoms in total. The first-order valence-corrected chi connectivity index (χ1v) is 7.97. The van der Waals surface area contributed by atoms with Crippen LogP contribution < -0.4 is 5.32 Å². The van der Waals surface area contributed by atoms with E-state index < -0.39 is 0 Å². The van der Waals surface area contributed by atoms with E-state index in [4.69, 9.17) is 4.52 Å². The van der Waals surface area contributed by atoms with Gasteiger partial charge in [-0.1, -0.05) is 36.3 Å². The average Bonchev–Trinajstić information content (AvgIpc) is 3.03. The molecule has 4 heteroatoms. The Morgan fingerprint density at radius 1 is 1.19 bits per heavy atom. The summed E-state index contributed by atoms with van der Waals surface area (Å²) >= 11 is 0. The molecule has 1 aromatic carbocycles. The van der Waals surface area contributed by atoms with Gasteiger partial charge in [-0.25, -0.2) is 0 Å². The summed E-state index contributed by atoms with van der Waals surface area (Å²) in [5, 5.41) is 7.50. The quantitative estimate of drug-likeness (QED) is 0.916. The zero-order valence-corrected chi connectivity index (χ0v) is 12.6. The molecule has 0 amide bonds. The molecule has 0 radical (unpaired) electrons. The number of rotatable bonds is 5. The zero-order valence-electron chi connectivity index (χ0n) is 12.6. The van der Waals surface area contributed by atoms with E-state index >= 15 is 0 Å². The van der Waals surface area contributed by atoms with Gasteiger partial charge in [0.2, 0.25) is 11.7 Å². The van der Waals surface area contributed by atoms with Crippen LogP contribution in [0.2, 0.25) is 0 Å². The van der Waals surface area contributed by atoms with Crippen LogP contribution in [-0.2, 0) is 12.8 Å². The number of hydrogen-bond donors (Lipinski definition) is 1. The van der Waals surface area contributed by atoms with Crippen molar-refractivity contribution in [3.05, 3.63) is 35.7 Å². The van der Waals surface area contributed by atoms with Gasteiger partial charge in [-0.3, -0.25) is 0 Å². The normalized spacial score (nSPS) is 16.2. The second-order valence-corrected chi connectivity index (χ2v) is 5.79. The molecule has 1 saturated heterocycles. The Balaban J connectivity index is 1.59. The van der Waals surface area contributed by atoms with Crippen molar-refractivity contribution in [2.75, 3.05) is 13.1 Å². The summed E-state index contributed by atoms with van der Waals surface area (Å²) in [5.74, 6) is 2.27. The minimum absolute atomic E-state index is 0.706. The fraction of sp³-hybridized carbons (Fsp3) is 0.529. The number of nitrogens with one attached hydrogen (secondary N) is 1. The molecule has 1 aliphatic rings. The lowest BCUT2D eigenvalue weighted by atomic mass is 9.93. The van der Waals surface area contributed by atoms with Crippen LogP contribution in [0.1, 0.15) is 37.6 Å². The van der Waals surface area contributed by atoms with Gasteiger partial charge in [0.15, 0.2) is 0 Å². The van der Waals surface area contributed by atoms with Gasteiger partial charge >= 0.3 is 0 Å². The summed E-state index contributed by atoms with van der Waals surface area (Å²) in [6.07, 6.45) is 5.62. The summed E-state index contributed by atoms with van der Waals surface area (Å²) < 4.78 is 5.39. The minimum Gasteiger partial charge on any atom is -0.339 e. The number of aryl methyl sites for hydroxylation is 2. The van der Waals surface area contributed by atoms with E-state index in [0.717, 1.165) is 49.7 Å². The second kappa shape index (κ2) is 6.85. The molecule has 0 spiro atoms. The Morgan fingerprint density at radius 3 is 2.67 bits per heavy atom. The van der Waals surface area contributed by atoms with Crippen LogP contribution in [0.5, 0.6) is 0 Å². The molecule has 0 atom stereocenters. The molecule has 1 fully saturated rings. The van der Waals surface area contributed by atoms with E-state index in [1.54, 1.807) is 0 Å². The first kappa shape index (κ1) is 14.3. The van der Waals surface area contributed by atoms with Gasteiger partial charge in [0, 0.05) is 12.0 Å². The smallest absolute Gasteiger partial charge is 0.226 e. The monoisotopic (exact) mass is 285 g/mol. The maximum absolute atomic E-state index is 5.39. The molecule has 0 saturated carbocycles. The Hall–Kier alpha value is -1.68. The molecular formula is C17H23N3O. The van der Waals surface area contributed by atoms with E-state index in [9.17, 15) is 0 Å². The Bertz CT molecular complexity index is 556. The molecule has 1 aromatic heterocycles. The molecule has 1 aliphatic heterocycles. The van der Waals surface area contributed by atoms with Crippen LogP contribution in [0.4, 0.5) is 0 Å². The van der Waals surface area contributed by atoms with Gasteiger partial charge < -0.3 is 9.84 Å². The Labute approximate surface area is 126 Å². The van der Waals surface area contributed by atoms with Crippen molar-refractivity contribution in [3.63, 3.8) is 0 Å². The van der Waals surface area contributed by atoms with Crippen LogP contribution in [-0.4, -0.2) is 23.2 Å². The van der Waals surface area contributed by atoms with Gasteiger partial charge in [0.05, 0.1) is 0 Å². The number of hydrogen-bond acceptors (Lipinski definition) is 4. The summed E-state index contributed by atoms with van der Waals surface area (Å²) in [5.41, 5.74) is 2.36. The van der Waals surface area contributed by atoms with Gasteiger partial charge in [-0.05, 0) is 50.3 Å². The lowest BCUT2D eigenvalue weighted by Crippen LogP contribution is -2.27. The first-order valence-electron chi connectivity index (χ1n) is 7.97. The van der Waals surface area contributed by atoms with Gasteiger partial charge in [0.1, 0.15) is 0 Å². The maximum atomic E-state index is 5.39. The lowest BCUT2D eigenvalue weighted by molar-refractivity contribution is 0.324. The highest BCUT2D eigenvalue weighted by atomic mass is 16.5. The van der Waals surface area contributed by atoms with Crippen molar-refractivity contribution < 1.29 is 4.52 Å². The van der Waals surface area contributed by atoms with Crippen LogP contribution in [0.25, 0.3) is 11.4 Å². The average molecular weight is 285 g/mol. The molecule has 2 aromatic rings. The fourth-order valence-corrected chi connectivity index (χ4v) is 2.86. The number of nitrogens with zero attached hydrogens (tertiary/aromatic N) is 2. The van der Waals surface area contributed by atoms with Crippen molar-refractivity contribution in [1.29, 1.82) is 0 Å². The molecule has 1 N–H and O–H groups in total. The van der Waals surface area contributed by atoms with Gasteiger partial charge in [-0.15, -0.1) is 0 Å². The number of benzene rings is 1. The van der Waals surface area contributed by atoms with Crippen molar-refractivity contribution >= 4 is 0 Å². The standard InChI is InChI=1S/C17H23N3O/c1-2-13-3-6-15(7-4-13)17-19-16(21-20-17)8-5-14-9-11-18-12-10-14/h3-4,6-7,14,18H,2,5,8-12H2,1H3. The summed E-state index contributed by atoms with van der Waals surface area (Å²) in [6.45, 7) is 4.44. The van der Waals surface area contributed by atoms with Crippen molar-refractivity contribution in [2.45, 2.75) is 39.0 Å². The van der Waals surface area contributed by atoms with E-state index in [2.05, 4.69) is 46.6 Å². The third kappa shape index (κ3) is 3.70. The molecule has 2 heterocycles. The minimum atomic E-state index is 0.706. The molecule has 3 rings (SSSR count). The number of aromatic nitrogens is 2. The van der Waals surface area contributed by atoms with E-state index in [1.807, 2.05) is 0 Å². The molecule has 0 bridgehead atoms. The van der Waals surface area contributed by atoms with E-state index in [0.29, 0.717) is 5.82 Å². The molecule has 0 aliphatic carbocycles. The molecule has 112 valence electrons. The third-order valence-electron chi connectivity index (χ3n) is 4.31. The molecule has 21 heavy (non-hydrogen) atoms. The fourth-order valence-electron chi connectivity index (χ4n) is 2.86. The first-order chi connectivity index (χ1) is 10.3. The summed E-state index contributed by atoms with van der Waals surface area (Å²) in [7, 11) is 0. The predicted octanol–water partition coefficient (Wildman–Crippen LogP) is 3.23. The van der Waals surface area contributed by atoms with E-state index in [-0.39, 0.29) is 0 Å². The predicted molar refractivity (Wildman–Crippen MR) is 83.0 cm³/mol. The van der Waals surface area contributed by atoms with Crippen LogP contribution in [0.15, 0.2) is 28.8 Å².